The molecule has 0 saturated carbocycles. The van der Waals surface area contributed by atoms with Gasteiger partial charge in [-0.15, -0.1) is 12.4 Å². The Labute approximate surface area is 88.4 Å². The van der Waals surface area contributed by atoms with E-state index in [2.05, 4.69) is 0 Å². The highest BCUT2D eigenvalue weighted by Gasteiger charge is 2.13. The zero-order valence-corrected chi connectivity index (χ0v) is 8.58. The van der Waals surface area contributed by atoms with E-state index in [4.69, 9.17) is 10.8 Å². The van der Waals surface area contributed by atoms with Crippen LogP contribution in [0.15, 0.2) is 12.1 Å². The number of nitrogens with two attached hydrogens (primary N) is 1. The van der Waals surface area contributed by atoms with E-state index in [-0.39, 0.29) is 30.5 Å². The van der Waals surface area contributed by atoms with Crippen molar-refractivity contribution < 1.29 is 15.3 Å². The molecule has 0 radical (unpaired) electrons. The van der Waals surface area contributed by atoms with E-state index in [1.54, 1.807) is 13.0 Å². The fourth-order valence-electron chi connectivity index (χ4n) is 1.19. The molecule has 5 N–H and O–H groups in total. The monoisotopic (exact) mass is 219 g/mol. The van der Waals surface area contributed by atoms with Crippen molar-refractivity contribution in [2.75, 3.05) is 6.54 Å². The third kappa shape index (κ3) is 2.29. The van der Waals surface area contributed by atoms with Gasteiger partial charge in [-0.3, -0.25) is 0 Å². The van der Waals surface area contributed by atoms with Crippen LogP contribution in [0.5, 0.6) is 11.5 Å². The average Bonchev–Trinajstić information content (AvgIpc) is 2.13. The molecule has 1 rings (SSSR count). The van der Waals surface area contributed by atoms with Gasteiger partial charge < -0.3 is 21.1 Å². The van der Waals surface area contributed by atoms with Crippen LogP contribution in [0.1, 0.15) is 17.2 Å². The van der Waals surface area contributed by atoms with Gasteiger partial charge in [-0.25, -0.2) is 0 Å². The van der Waals surface area contributed by atoms with Crippen LogP contribution in [0.25, 0.3) is 0 Å². The Morgan fingerprint density at radius 3 is 2.43 bits per heavy atom. The normalized spacial score (nSPS) is 11.9. The van der Waals surface area contributed by atoms with Crippen molar-refractivity contribution in [2.45, 2.75) is 13.0 Å². The van der Waals surface area contributed by atoms with Gasteiger partial charge in [-0.1, -0.05) is 6.07 Å². The summed E-state index contributed by atoms with van der Waals surface area (Å²) in [5.74, 6) is -0.393. The molecule has 0 bridgehead atoms. The lowest BCUT2D eigenvalue weighted by Gasteiger charge is -2.12. The second-order valence-corrected chi connectivity index (χ2v) is 2.90. The van der Waals surface area contributed by atoms with Crippen LogP contribution in [0.3, 0.4) is 0 Å². The molecular formula is C9H14ClNO3. The average molecular weight is 220 g/mol. The van der Waals surface area contributed by atoms with Crippen molar-refractivity contribution in [1.29, 1.82) is 0 Å². The van der Waals surface area contributed by atoms with Crippen LogP contribution in [0.2, 0.25) is 0 Å². The van der Waals surface area contributed by atoms with E-state index in [1.165, 1.54) is 6.07 Å². The zero-order chi connectivity index (χ0) is 10.0. The smallest absolute Gasteiger partial charge is 0.160 e. The number of aliphatic hydroxyl groups excluding tert-OH is 1. The highest BCUT2D eigenvalue weighted by molar-refractivity contribution is 5.85. The fourth-order valence-corrected chi connectivity index (χ4v) is 1.19. The number of halogens is 1. The molecule has 0 aliphatic carbocycles. The number of phenols is 2. The minimum Gasteiger partial charge on any atom is -0.504 e. The van der Waals surface area contributed by atoms with Crippen LogP contribution in [-0.4, -0.2) is 21.9 Å². The molecule has 1 aromatic rings. The van der Waals surface area contributed by atoms with Crippen molar-refractivity contribution in [1.82, 2.24) is 0 Å². The molecule has 5 heteroatoms. The molecule has 1 aromatic carbocycles. The number of phenolic OH excluding ortho intramolecular Hbond substituents is 2. The fraction of sp³-hybridized carbons (Fsp3) is 0.333. The predicted molar refractivity (Wildman–Crippen MR) is 55.8 cm³/mol. The third-order valence-electron chi connectivity index (χ3n) is 2.03. The molecule has 14 heavy (non-hydrogen) atoms. The topological polar surface area (TPSA) is 86.7 Å². The van der Waals surface area contributed by atoms with Crippen molar-refractivity contribution in [3.63, 3.8) is 0 Å². The number of aromatic hydroxyl groups is 2. The molecule has 0 saturated heterocycles. The van der Waals surface area contributed by atoms with Gasteiger partial charge in [0.05, 0.1) is 6.10 Å². The lowest BCUT2D eigenvalue weighted by molar-refractivity contribution is 0.185. The number of aliphatic hydroxyl groups is 1. The van der Waals surface area contributed by atoms with Gasteiger partial charge in [0.1, 0.15) is 0 Å². The summed E-state index contributed by atoms with van der Waals surface area (Å²) in [6.45, 7) is 1.70. The van der Waals surface area contributed by atoms with Gasteiger partial charge in [0.25, 0.3) is 0 Å². The molecule has 0 fully saturated rings. The number of hydrogen-bond acceptors (Lipinski definition) is 4. The van der Waals surface area contributed by atoms with E-state index in [0.29, 0.717) is 11.1 Å². The Kier molecular flexibility index (Phi) is 4.70. The molecule has 0 amide bonds. The molecular weight excluding hydrogens is 206 g/mol. The molecule has 0 aromatic heterocycles. The van der Waals surface area contributed by atoms with E-state index >= 15 is 0 Å². The first-order valence-electron chi connectivity index (χ1n) is 3.97. The van der Waals surface area contributed by atoms with Gasteiger partial charge in [-0.05, 0) is 18.6 Å². The summed E-state index contributed by atoms with van der Waals surface area (Å²) in [6, 6.07) is 2.87. The van der Waals surface area contributed by atoms with Gasteiger partial charge in [0.15, 0.2) is 11.5 Å². The van der Waals surface area contributed by atoms with Crippen molar-refractivity contribution in [2.24, 2.45) is 5.73 Å². The minimum absolute atomic E-state index is 0. The van der Waals surface area contributed by atoms with Crippen molar-refractivity contribution in [3.8, 4) is 11.5 Å². The molecule has 0 heterocycles. The van der Waals surface area contributed by atoms with Gasteiger partial charge in [0, 0.05) is 12.1 Å². The van der Waals surface area contributed by atoms with Gasteiger partial charge in [-0.2, -0.15) is 0 Å². The summed E-state index contributed by atoms with van der Waals surface area (Å²) < 4.78 is 0. The van der Waals surface area contributed by atoms with Crippen LogP contribution in [0.4, 0.5) is 0 Å². The van der Waals surface area contributed by atoms with E-state index in [9.17, 15) is 10.2 Å². The molecule has 1 atom stereocenters. The number of benzene rings is 1. The summed E-state index contributed by atoms with van der Waals surface area (Å²) >= 11 is 0. The second kappa shape index (κ2) is 5.05. The van der Waals surface area contributed by atoms with Crippen molar-refractivity contribution in [3.05, 3.63) is 23.3 Å². The lowest BCUT2D eigenvalue weighted by Crippen LogP contribution is -2.12. The van der Waals surface area contributed by atoms with Gasteiger partial charge in [0.2, 0.25) is 0 Å². The Hall–Kier alpha value is -0.970. The van der Waals surface area contributed by atoms with Crippen LogP contribution < -0.4 is 5.73 Å². The molecule has 0 unspecified atom stereocenters. The molecule has 0 aliphatic heterocycles. The van der Waals surface area contributed by atoms with E-state index in [0.717, 1.165) is 0 Å². The standard InChI is InChI=1S/C9H13NO3.ClH/c1-5-6(8(12)4-10)2-3-7(11)9(5)13;/h2-3,8,11-13H,4,10H2,1H3;1H/t8-;/m1./s1. The van der Waals surface area contributed by atoms with Crippen LogP contribution in [-0.2, 0) is 0 Å². The zero-order valence-electron chi connectivity index (χ0n) is 7.77. The highest BCUT2D eigenvalue weighted by Crippen LogP contribution is 2.32. The first-order valence-corrected chi connectivity index (χ1v) is 3.97. The quantitative estimate of drug-likeness (QED) is 0.555. The van der Waals surface area contributed by atoms with E-state index in [1.807, 2.05) is 0 Å². The molecule has 0 aliphatic rings. The minimum atomic E-state index is -0.800. The number of rotatable bonds is 2. The molecule has 0 spiro atoms. The van der Waals surface area contributed by atoms with Gasteiger partial charge >= 0.3 is 0 Å². The molecule has 80 valence electrons. The maximum atomic E-state index is 9.41. The Balaban J connectivity index is 0.00000169. The largest absolute Gasteiger partial charge is 0.504 e. The Morgan fingerprint density at radius 2 is 1.93 bits per heavy atom. The summed E-state index contributed by atoms with van der Waals surface area (Å²) in [6.07, 6.45) is -0.800. The SMILES string of the molecule is Cc1c([C@H](O)CN)ccc(O)c1O.Cl. The van der Waals surface area contributed by atoms with E-state index < -0.39 is 6.10 Å². The summed E-state index contributed by atoms with van der Waals surface area (Å²) in [4.78, 5) is 0. The maximum absolute atomic E-state index is 9.41. The lowest BCUT2D eigenvalue weighted by atomic mass is 10.0. The summed E-state index contributed by atoms with van der Waals surface area (Å²) in [5.41, 5.74) is 6.26. The number of hydrogen-bond donors (Lipinski definition) is 4. The molecule has 4 nitrogen and oxygen atoms in total. The predicted octanol–water partition coefficient (Wildman–Crippen LogP) is 0.820. The van der Waals surface area contributed by atoms with Crippen LogP contribution in [0, 0.1) is 6.92 Å². The second-order valence-electron chi connectivity index (χ2n) is 2.90. The van der Waals surface area contributed by atoms with Crippen molar-refractivity contribution >= 4 is 12.4 Å². The van der Waals surface area contributed by atoms with Crippen LogP contribution >= 0.6 is 12.4 Å². The highest BCUT2D eigenvalue weighted by atomic mass is 35.5. The Bertz CT molecular complexity index is 317. The Morgan fingerprint density at radius 1 is 1.36 bits per heavy atom. The first kappa shape index (κ1) is 13.0. The maximum Gasteiger partial charge on any atom is 0.160 e. The summed E-state index contributed by atoms with van der Waals surface area (Å²) in [5, 5.41) is 27.9. The third-order valence-corrected chi connectivity index (χ3v) is 2.03. The first-order chi connectivity index (χ1) is 6.07. The summed E-state index contributed by atoms with van der Waals surface area (Å²) in [7, 11) is 0.